The number of allylic oxidation sites excluding steroid dienone is 5. The lowest BCUT2D eigenvalue weighted by Gasteiger charge is -2.19. The minimum atomic E-state index is -0.867. The molecule has 2 atom stereocenters. The van der Waals surface area contributed by atoms with Gasteiger partial charge in [-0.05, 0) is 44.9 Å². The van der Waals surface area contributed by atoms with Gasteiger partial charge in [-0.1, -0.05) is 237 Å². The summed E-state index contributed by atoms with van der Waals surface area (Å²) in [6.45, 7) is 4.30. The summed E-state index contributed by atoms with van der Waals surface area (Å²) in [6, 6.07) is -0.642. The largest absolute Gasteiger partial charge is 0.394 e. The summed E-state index contributed by atoms with van der Waals surface area (Å²) in [7, 11) is 0. The third-order valence-corrected chi connectivity index (χ3v) is 10.9. The number of aliphatic hydroxyl groups is 2. The topological polar surface area (TPSA) is 69.6 Å². The Bertz CT molecular complexity index is 806. The van der Waals surface area contributed by atoms with Gasteiger partial charge in [-0.25, -0.2) is 0 Å². The zero-order valence-corrected chi connectivity index (χ0v) is 35.8. The Morgan fingerprint density at radius 1 is 0.434 bits per heavy atom. The smallest absolute Gasteiger partial charge is 0.220 e. The van der Waals surface area contributed by atoms with Crippen LogP contribution >= 0.6 is 0 Å². The van der Waals surface area contributed by atoms with Gasteiger partial charge in [-0.15, -0.1) is 0 Å². The first-order valence-corrected chi connectivity index (χ1v) is 23.7. The summed E-state index contributed by atoms with van der Waals surface area (Å²) < 4.78 is 0. The molecule has 0 aromatic heterocycles. The molecule has 2 unspecified atom stereocenters. The second-order valence-corrected chi connectivity index (χ2v) is 16.2. The zero-order chi connectivity index (χ0) is 38.6. The molecule has 0 saturated heterocycles. The molecule has 0 fully saturated rings. The van der Waals surface area contributed by atoms with Crippen LogP contribution in [0.2, 0.25) is 0 Å². The number of amides is 1. The van der Waals surface area contributed by atoms with E-state index in [2.05, 4.69) is 43.5 Å². The molecule has 0 aliphatic rings. The highest BCUT2D eigenvalue weighted by Gasteiger charge is 2.17. The summed E-state index contributed by atoms with van der Waals surface area (Å²) in [6.07, 6.45) is 59.9. The van der Waals surface area contributed by atoms with Crippen molar-refractivity contribution in [3.05, 3.63) is 36.5 Å². The molecule has 0 radical (unpaired) electrons. The van der Waals surface area contributed by atoms with Crippen LogP contribution in [0, 0.1) is 0 Å². The molecular formula is C49H93NO3. The summed E-state index contributed by atoms with van der Waals surface area (Å²) in [5.74, 6) is -0.0769. The van der Waals surface area contributed by atoms with Gasteiger partial charge in [0.1, 0.15) is 0 Å². The lowest BCUT2D eigenvalue weighted by atomic mass is 10.0. The van der Waals surface area contributed by atoms with Crippen LogP contribution in [0.25, 0.3) is 0 Å². The van der Waals surface area contributed by atoms with Crippen molar-refractivity contribution in [2.24, 2.45) is 0 Å². The molecule has 3 N–H and O–H groups in total. The molecule has 0 aliphatic carbocycles. The predicted molar refractivity (Wildman–Crippen MR) is 235 cm³/mol. The first-order chi connectivity index (χ1) is 26.2. The average Bonchev–Trinajstić information content (AvgIpc) is 3.16. The summed E-state index contributed by atoms with van der Waals surface area (Å²) in [4.78, 5) is 12.3. The van der Waals surface area contributed by atoms with Crippen molar-refractivity contribution in [3.63, 3.8) is 0 Å². The Balaban J connectivity index is 3.57. The van der Waals surface area contributed by atoms with Crippen molar-refractivity contribution in [2.45, 2.75) is 264 Å². The van der Waals surface area contributed by atoms with Crippen molar-refractivity contribution in [3.8, 4) is 0 Å². The highest BCUT2D eigenvalue weighted by Crippen LogP contribution is 2.16. The fraction of sp³-hybridized carbons (Fsp3) is 0.857. The molecule has 4 nitrogen and oxygen atoms in total. The molecule has 312 valence electrons. The Labute approximate surface area is 331 Å². The maximum Gasteiger partial charge on any atom is 0.220 e. The molecule has 0 rings (SSSR count). The fourth-order valence-corrected chi connectivity index (χ4v) is 7.21. The van der Waals surface area contributed by atoms with Crippen LogP contribution in [-0.2, 0) is 4.79 Å². The SMILES string of the molecule is CCCCCCCCCCCCCCCCCCCC/C=C/CC/C=C/CC/C=C/C(O)C(CO)NC(=O)CCCCCCCCCCCCCCC. The number of carbonyl (C=O) groups is 1. The summed E-state index contributed by atoms with van der Waals surface area (Å²) >= 11 is 0. The van der Waals surface area contributed by atoms with Crippen LogP contribution in [0.15, 0.2) is 36.5 Å². The molecule has 0 aromatic carbocycles. The molecule has 0 spiro atoms. The molecule has 0 aromatic rings. The summed E-state index contributed by atoms with van der Waals surface area (Å²) in [5.41, 5.74) is 0. The number of aliphatic hydroxyl groups excluding tert-OH is 2. The number of hydrogen-bond acceptors (Lipinski definition) is 3. The molecule has 0 heterocycles. The molecule has 0 bridgehead atoms. The molecule has 4 heteroatoms. The Kier molecular flexibility index (Phi) is 43.8. The number of unbranched alkanes of at least 4 members (excludes halogenated alkanes) is 32. The maximum absolute atomic E-state index is 12.3. The first-order valence-electron chi connectivity index (χ1n) is 23.7. The van der Waals surface area contributed by atoms with E-state index in [9.17, 15) is 15.0 Å². The van der Waals surface area contributed by atoms with Crippen LogP contribution in [-0.4, -0.2) is 34.9 Å². The average molecular weight is 744 g/mol. The van der Waals surface area contributed by atoms with Gasteiger partial charge in [0.25, 0.3) is 0 Å². The van der Waals surface area contributed by atoms with Crippen molar-refractivity contribution in [1.29, 1.82) is 0 Å². The molecule has 0 saturated carbocycles. The first kappa shape index (κ1) is 51.6. The van der Waals surface area contributed by atoms with Crippen molar-refractivity contribution < 1.29 is 15.0 Å². The highest BCUT2D eigenvalue weighted by molar-refractivity contribution is 5.76. The van der Waals surface area contributed by atoms with Gasteiger partial charge in [-0.3, -0.25) is 4.79 Å². The molecular weight excluding hydrogens is 651 g/mol. The lowest BCUT2D eigenvalue weighted by molar-refractivity contribution is -0.123. The maximum atomic E-state index is 12.3. The van der Waals surface area contributed by atoms with E-state index in [1.807, 2.05) is 6.08 Å². The Hall–Kier alpha value is -1.39. The minimum absolute atomic E-state index is 0.0769. The number of carbonyl (C=O) groups excluding carboxylic acids is 1. The van der Waals surface area contributed by atoms with Gasteiger partial charge in [-0.2, -0.15) is 0 Å². The Morgan fingerprint density at radius 2 is 0.736 bits per heavy atom. The third-order valence-electron chi connectivity index (χ3n) is 10.9. The van der Waals surface area contributed by atoms with E-state index in [-0.39, 0.29) is 12.5 Å². The highest BCUT2D eigenvalue weighted by atomic mass is 16.3. The number of hydrogen-bond donors (Lipinski definition) is 3. The van der Waals surface area contributed by atoms with Crippen molar-refractivity contribution in [2.75, 3.05) is 6.61 Å². The molecule has 0 aliphatic heterocycles. The monoisotopic (exact) mass is 744 g/mol. The number of nitrogens with one attached hydrogen (secondary N) is 1. The van der Waals surface area contributed by atoms with Crippen LogP contribution in [0.3, 0.4) is 0 Å². The van der Waals surface area contributed by atoms with E-state index in [0.717, 1.165) is 38.5 Å². The van der Waals surface area contributed by atoms with Gasteiger partial charge in [0.2, 0.25) is 5.91 Å². The van der Waals surface area contributed by atoms with E-state index < -0.39 is 12.1 Å². The van der Waals surface area contributed by atoms with E-state index in [4.69, 9.17) is 0 Å². The van der Waals surface area contributed by atoms with Crippen molar-refractivity contribution in [1.82, 2.24) is 5.32 Å². The van der Waals surface area contributed by atoms with Gasteiger partial charge >= 0.3 is 0 Å². The zero-order valence-electron chi connectivity index (χ0n) is 35.8. The summed E-state index contributed by atoms with van der Waals surface area (Å²) in [5, 5.41) is 23.0. The van der Waals surface area contributed by atoms with Crippen LogP contribution in [0.1, 0.15) is 251 Å². The second kappa shape index (κ2) is 45.0. The van der Waals surface area contributed by atoms with E-state index in [1.54, 1.807) is 6.08 Å². The predicted octanol–water partition coefficient (Wildman–Crippen LogP) is 15.0. The van der Waals surface area contributed by atoms with Crippen LogP contribution < -0.4 is 5.32 Å². The fourth-order valence-electron chi connectivity index (χ4n) is 7.21. The van der Waals surface area contributed by atoms with Crippen LogP contribution in [0.4, 0.5) is 0 Å². The van der Waals surface area contributed by atoms with Gasteiger partial charge in [0.05, 0.1) is 18.8 Å². The molecule has 1 amide bonds. The standard InChI is InChI=1S/C49H93NO3/c1-3-5-7-9-11-13-15-17-18-19-20-21-22-23-24-25-26-27-28-29-30-31-33-34-36-38-40-42-44-48(52)47(46-51)50-49(53)45-43-41-39-37-35-32-16-14-12-10-8-6-4-2/h29-30,34,36,42,44,47-48,51-52H,3-28,31-33,35,37-41,43,45-46H2,1-2H3,(H,50,53)/b30-29+,36-34+,44-42+. The Morgan fingerprint density at radius 3 is 1.09 bits per heavy atom. The van der Waals surface area contributed by atoms with E-state index in [0.29, 0.717) is 6.42 Å². The second-order valence-electron chi connectivity index (χ2n) is 16.2. The third kappa shape index (κ3) is 41.6. The van der Waals surface area contributed by atoms with E-state index in [1.165, 1.54) is 193 Å². The normalized spacial score (nSPS) is 13.2. The lowest BCUT2D eigenvalue weighted by Crippen LogP contribution is -2.45. The van der Waals surface area contributed by atoms with Gasteiger partial charge in [0, 0.05) is 6.42 Å². The number of rotatable bonds is 43. The molecule has 53 heavy (non-hydrogen) atoms. The van der Waals surface area contributed by atoms with Crippen molar-refractivity contribution >= 4 is 5.91 Å². The minimum Gasteiger partial charge on any atom is -0.394 e. The quantitative estimate of drug-likeness (QED) is 0.0430. The van der Waals surface area contributed by atoms with Gasteiger partial charge in [0.15, 0.2) is 0 Å². The van der Waals surface area contributed by atoms with Gasteiger partial charge < -0.3 is 15.5 Å². The van der Waals surface area contributed by atoms with Crippen LogP contribution in [0.5, 0.6) is 0 Å². The van der Waals surface area contributed by atoms with E-state index >= 15 is 0 Å².